The summed E-state index contributed by atoms with van der Waals surface area (Å²) in [6.45, 7) is 4.42. The van der Waals surface area contributed by atoms with Crippen molar-refractivity contribution in [1.29, 1.82) is 0 Å². The second-order valence-electron chi connectivity index (χ2n) is 7.14. The zero-order valence-corrected chi connectivity index (χ0v) is 16.4. The lowest BCUT2D eigenvalue weighted by molar-refractivity contribution is 0.923. The molecule has 0 amide bonds. The quantitative estimate of drug-likeness (QED) is 0.392. The molecule has 0 atom stereocenters. The van der Waals surface area contributed by atoms with E-state index in [2.05, 4.69) is 72.3 Å². The van der Waals surface area contributed by atoms with Crippen LogP contribution in [-0.4, -0.2) is 9.97 Å². The third-order valence-corrected chi connectivity index (χ3v) is 5.15. The van der Waals surface area contributed by atoms with Crippen molar-refractivity contribution in [2.45, 2.75) is 26.7 Å². The molecule has 0 aliphatic heterocycles. The maximum atomic E-state index is 4.29. The molecule has 0 saturated carbocycles. The van der Waals surface area contributed by atoms with E-state index in [0.717, 1.165) is 24.0 Å². The first-order chi connectivity index (χ1) is 13.8. The van der Waals surface area contributed by atoms with Crippen molar-refractivity contribution in [3.8, 4) is 33.4 Å². The van der Waals surface area contributed by atoms with E-state index in [1.54, 1.807) is 0 Å². The zero-order chi connectivity index (χ0) is 19.3. The topological polar surface area (TPSA) is 25.8 Å². The lowest BCUT2D eigenvalue weighted by Gasteiger charge is -2.15. The highest BCUT2D eigenvalue weighted by atomic mass is 14.6. The highest BCUT2D eigenvalue weighted by molar-refractivity contribution is 5.80. The summed E-state index contributed by atoms with van der Waals surface area (Å²) in [6, 6.07) is 21.7. The molecule has 2 aromatic carbocycles. The van der Waals surface area contributed by atoms with Crippen LogP contribution in [0.5, 0.6) is 0 Å². The number of benzene rings is 2. The Balaban J connectivity index is 1.87. The van der Waals surface area contributed by atoms with Gasteiger partial charge in [-0.1, -0.05) is 49.7 Å². The molecule has 4 rings (SSSR count). The van der Waals surface area contributed by atoms with Crippen LogP contribution in [0.1, 0.15) is 24.5 Å². The molecule has 0 fully saturated rings. The molecule has 0 bridgehead atoms. The van der Waals surface area contributed by atoms with E-state index >= 15 is 0 Å². The number of hydrogen-bond donors (Lipinski definition) is 0. The predicted octanol–water partition coefficient (Wildman–Crippen LogP) is 6.74. The van der Waals surface area contributed by atoms with E-state index in [0.29, 0.717) is 0 Å². The van der Waals surface area contributed by atoms with Gasteiger partial charge < -0.3 is 0 Å². The first kappa shape index (κ1) is 18.1. The standard InChI is InChI=1S/C26H24N2/c1-3-6-20-11-12-22(24-8-5-14-28-18-24)16-26(20)25-15-21(10-9-19(25)2)23-7-4-13-27-17-23/h4-5,7-18H,3,6H2,1-2H3. The first-order valence-electron chi connectivity index (χ1n) is 9.81. The van der Waals surface area contributed by atoms with E-state index in [1.807, 2.05) is 36.9 Å². The minimum atomic E-state index is 1.07. The van der Waals surface area contributed by atoms with Crippen molar-refractivity contribution < 1.29 is 0 Å². The summed E-state index contributed by atoms with van der Waals surface area (Å²) in [5.74, 6) is 0. The monoisotopic (exact) mass is 364 g/mol. The second-order valence-corrected chi connectivity index (χ2v) is 7.14. The third kappa shape index (κ3) is 3.72. The molecule has 2 aromatic heterocycles. The number of aromatic nitrogens is 2. The molecule has 0 saturated heterocycles. The molecule has 0 aliphatic rings. The fourth-order valence-electron chi connectivity index (χ4n) is 3.65. The van der Waals surface area contributed by atoms with Crippen LogP contribution in [0.15, 0.2) is 85.5 Å². The van der Waals surface area contributed by atoms with Crippen LogP contribution in [-0.2, 0) is 6.42 Å². The molecule has 0 unspecified atom stereocenters. The predicted molar refractivity (Wildman–Crippen MR) is 117 cm³/mol. The second kappa shape index (κ2) is 8.18. The van der Waals surface area contributed by atoms with Gasteiger partial charge in [-0.15, -0.1) is 0 Å². The molecular weight excluding hydrogens is 340 g/mol. The van der Waals surface area contributed by atoms with E-state index in [9.17, 15) is 0 Å². The van der Waals surface area contributed by atoms with Gasteiger partial charge in [-0.3, -0.25) is 9.97 Å². The van der Waals surface area contributed by atoms with Crippen LogP contribution >= 0.6 is 0 Å². The van der Waals surface area contributed by atoms with Gasteiger partial charge in [-0.2, -0.15) is 0 Å². The Morgan fingerprint density at radius 2 is 1.29 bits per heavy atom. The lowest BCUT2D eigenvalue weighted by atomic mass is 9.89. The highest BCUT2D eigenvalue weighted by Gasteiger charge is 2.11. The van der Waals surface area contributed by atoms with E-state index in [1.165, 1.54) is 33.4 Å². The Morgan fingerprint density at radius 1 is 0.679 bits per heavy atom. The van der Waals surface area contributed by atoms with Crippen LogP contribution in [0.4, 0.5) is 0 Å². The first-order valence-corrected chi connectivity index (χ1v) is 9.81. The normalized spacial score (nSPS) is 10.8. The smallest absolute Gasteiger partial charge is 0.0346 e. The average Bonchev–Trinajstić information content (AvgIpc) is 2.76. The summed E-state index contributed by atoms with van der Waals surface area (Å²) in [5, 5.41) is 0. The molecular formula is C26H24N2. The van der Waals surface area contributed by atoms with E-state index in [-0.39, 0.29) is 0 Å². The van der Waals surface area contributed by atoms with Gasteiger partial charge in [0, 0.05) is 35.9 Å². The van der Waals surface area contributed by atoms with Gasteiger partial charge in [0.2, 0.25) is 0 Å². The Morgan fingerprint density at radius 3 is 1.86 bits per heavy atom. The molecule has 28 heavy (non-hydrogen) atoms. The minimum absolute atomic E-state index is 1.07. The fraction of sp³-hybridized carbons (Fsp3) is 0.154. The Kier molecular flexibility index (Phi) is 5.29. The van der Waals surface area contributed by atoms with Crippen LogP contribution in [0.2, 0.25) is 0 Å². The van der Waals surface area contributed by atoms with Crippen LogP contribution < -0.4 is 0 Å². The number of hydrogen-bond acceptors (Lipinski definition) is 2. The molecule has 0 aliphatic carbocycles. The van der Waals surface area contributed by atoms with Crippen LogP contribution in [0.3, 0.4) is 0 Å². The summed E-state index contributed by atoms with van der Waals surface area (Å²) >= 11 is 0. The molecule has 4 aromatic rings. The molecule has 2 heteroatoms. The van der Waals surface area contributed by atoms with Gasteiger partial charge in [-0.05, 0) is 71.0 Å². The van der Waals surface area contributed by atoms with Crippen molar-refractivity contribution in [3.63, 3.8) is 0 Å². The van der Waals surface area contributed by atoms with Gasteiger partial charge in [0.15, 0.2) is 0 Å². The van der Waals surface area contributed by atoms with E-state index in [4.69, 9.17) is 0 Å². The average molecular weight is 364 g/mol. The van der Waals surface area contributed by atoms with Crippen molar-refractivity contribution >= 4 is 0 Å². The van der Waals surface area contributed by atoms with Gasteiger partial charge >= 0.3 is 0 Å². The largest absolute Gasteiger partial charge is 0.264 e. The summed E-state index contributed by atoms with van der Waals surface area (Å²) in [6.07, 6.45) is 9.68. The molecule has 0 spiro atoms. The Labute approximate surface area is 167 Å². The van der Waals surface area contributed by atoms with Crippen molar-refractivity contribution in [1.82, 2.24) is 9.97 Å². The number of nitrogens with zero attached hydrogens (tertiary/aromatic N) is 2. The summed E-state index contributed by atoms with van der Waals surface area (Å²) in [5.41, 5.74) is 9.96. The number of pyridine rings is 2. The maximum Gasteiger partial charge on any atom is 0.0346 e. The van der Waals surface area contributed by atoms with E-state index < -0.39 is 0 Å². The van der Waals surface area contributed by atoms with Crippen LogP contribution in [0.25, 0.3) is 33.4 Å². The maximum absolute atomic E-state index is 4.29. The summed E-state index contributed by atoms with van der Waals surface area (Å²) < 4.78 is 0. The van der Waals surface area contributed by atoms with Gasteiger partial charge in [-0.25, -0.2) is 0 Å². The SMILES string of the molecule is CCCc1ccc(-c2cccnc2)cc1-c1cc(-c2cccnc2)ccc1C. The molecule has 2 heterocycles. The van der Waals surface area contributed by atoms with Crippen molar-refractivity contribution in [3.05, 3.63) is 96.6 Å². The number of aryl methyl sites for hydroxylation is 2. The summed E-state index contributed by atoms with van der Waals surface area (Å²) in [7, 11) is 0. The zero-order valence-electron chi connectivity index (χ0n) is 16.4. The third-order valence-electron chi connectivity index (χ3n) is 5.15. The minimum Gasteiger partial charge on any atom is -0.264 e. The summed E-state index contributed by atoms with van der Waals surface area (Å²) in [4.78, 5) is 8.57. The highest BCUT2D eigenvalue weighted by Crippen LogP contribution is 2.34. The molecule has 2 nitrogen and oxygen atoms in total. The van der Waals surface area contributed by atoms with Crippen molar-refractivity contribution in [2.75, 3.05) is 0 Å². The Hall–Kier alpha value is -3.26. The van der Waals surface area contributed by atoms with Crippen molar-refractivity contribution in [2.24, 2.45) is 0 Å². The lowest BCUT2D eigenvalue weighted by Crippen LogP contribution is -1.94. The van der Waals surface area contributed by atoms with Gasteiger partial charge in [0.1, 0.15) is 0 Å². The Bertz CT molecular complexity index is 1070. The fourth-order valence-corrected chi connectivity index (χ4v) is 3.65. The van der Waals surface area contributed by atoms with Crippen LogP contribution in [0, 0.1) is 6.92 Å². The molecule has 0 N–H and O–H groups in total. The number of rotatable bonds is 5. The molecule has 138 valence electrons. The molecule has 0 radical (unpaired) electrons. The van der Waals surface area contributed by atoms with Gasteiger partial charge in [0.25, 0.3) is 0 Å². The van der Waals surface area contributed by atoms with Gasteiger partial charge in [0.05, 0.1) is 0 Å².